The summed E-state index contributed by atoms with van der Waals surface area (Å²) in [5, 5.41) is 6.28. The Labute approximate surface area is 151 Å². The molecular weight excluding hydrogens is 314 g/mol. The highest BCUT2D eigenvalue weighted by atomic mass is 16.5. The zero-order valence-corrected chi connectivity index (χ0v) is 15.4. The number of rotatable bonds is 4. The number of carbonyl (C=O) groups is 1. The van der Waals surface area contributed by atoms with E-state index in [0.717, 1.165) is 45.4 Å². The minimum Gasteiger partial charge on any atom is -0.378 e. The molecule has 2 aliphatic heterocycles. The van der Waals surface area contributed by atoms with Crippen LogP contribution in [0, 0.1) is 0 Å². The first-order valence-electron chi connectivity index (χ1n) is 9.59. The Kier molecular flexibility index (Phi) is 6.32. The van der Waals surface area contributed by atoms with Gasteiger partial charge in [0.05, 0.1) is 6.10 Å². The number of hydrogen-bond donors (Lipinski definition) is 2. The Morgan fingerprint density at radius 1 is 1.12 bits per heavy atom. The van der Waals surface area contributed by atoms with Crippen LogP contribution >= 0.6 is 0 Å². The van der Waals surface area contributed by atoms with Gasteiger partial charge in [-0.3, -0.25) is 4.90 Å². The average molecular weight is 345 g/mol. The van der Waals surface area contributed by atoms with Crippen LogP contribution in [0.4, 0.5) is 4.79 Å². The second kappa shape index (κ2) is 8.68. The number of amides is 2. The van der Waals surface area contributed by atoms with Crippen molar-refractivity contribution in [3.05, 3.63) is 35.9 Å². The minimum absolute atomic E-state index is 0.0198. The molecule has 0 aliphatic carbocycles. The van der Waals surface area contributed by atoms with Crippen LogP contribution in [0.3, 0.4) is 0 Å². The van der Waals surface area contributed by atoms with Crippen LogP contribution in [0.1, 0.15) is 51.1 Å². The zero-order valence-electron chi connectivity index (χ0n) is 15.4. The second-order valence-electron chi connectivity index (χ2n) is 7.42. The Balaban J connectivity index is 1.41. The fraction of sp³-hybridized carbons (Fsp3) is 0.650. The molecule has 2 N–H and O–H groups in total. The summed E-state index contributed by atoms with van der Waals surface area (Å²) in [7, 11) is 0. The molecule has 25 heavy (non-hydrogen) atoms. The highest BCUT2D eigenvalue weighted by Gasteiger charge is 2.26. The Hall–Kier alpha value is -1.59. The maximum absolute atomic E-state index is 12.2. The summed E-state index contributed by atoms with van der Waals surface area (Å²) in [5.74, 6) is 0. The molecule has 0 saturated carbocycles. The van der Waals surface area contributed by atoms with E-state index < -0.39 is 0 Å². The number of hydrogen-bond acceptors (Lipinski definition) is 3. The van der Waals surface area contributed by atoms with E-state index >= 15 is 0 Å². The summed E-state index contributed by atoms with van der Waals surface area (Å²) >= 11 is 0. The normalized spacial score (nSPS) is 26.8. The monoisotopic (exact) mass is 345 g/mol. The largest absolute Gasteiger partial charge is 0.378 e. The molecular formula is C20H31N3O2. The predicted octanol–water partition coefficient (Wildman–Crippen LogP) is 3.08. The molecule has 0 spiro atoms. The molecule has 0 bridgehead atoms. The lowest BCUT2D eigenvalue weighted by atomic mass is 10.0. The van der Waals surface area contributed by atoms with Crippen molar-refractivity contribution in [2.75, 3.05) is 19.7 Å². The standard InChI is InChI=1S/C20H31N3O2/c1-15-14-19(10-13-25-15)22-20(24)21-18-8-11-23(12-9-18)16(2)17-6-4-3-5-7-17/h3-7,15-16,18-19H,8-14H2,1-2H3,(H2,21,22,24)/t15-,16-,19+/m1/s1. The van der Waals surface area contributed by atoms with Gasteiger partial charge in [0.15, 0.2) is 0 Å². The van der Waals surface area contributed by atoms with Crippen LogP contribution in [-0.4, -0.2) is 48.8 Å². The molecule has 5 nitrogen and oxygen atoms in total. The average Bonchev–Trinajstić information content (AvgIpc) is 2.62. The van der Waals surface area contributed by atoms with Gasteiger partial charge >= 0.3 is 6.03 Å². The number of piperidine rings is 1. The lowest BCUT2D eigenvalue weighted by molar-refractivity contribution is 0.0153. The zero-order chi connectivity index (χ0) is 17.6. The topological polar surface area (TPSA) is 53.6 Å². The van der Waals surface area contributed by atoms with Crippen molar-refractivity contribution in [2.24, 2.45) is 0 Å². The van der Waals surface area contributed by atoms with Gasteiger partial charge < -0.3 is 15.4 Å². The molecule has 3 atom stereocenters. The molecule has 2 fully saturated rings. The molecule has 2 saturated heterocycles. The minimum atomic E-state index is -0.0198. The molecule has 138 valence electrons. The third-order valence-corrected chi connectivity index (χ3v) is 5.51. The van der Waals surface area contributed by atoms with Gasteiger partial charge in [-0.15, -0.1) is 0 Å². The highest BCUT2D eigenvalue weighted by molar-refractivity contribution is 5.74. The quantitative estimate of drug-likeness (QED) is 0.882. The molecule has 2 amide bonds. The Morgan fingerprint density at radius 2 is 1.80 bits per heavy atom. The smallest absolute Gasteiger partial charge is 0.315 e. The maximum Gasteiger partial charge on any atom is 0.315 e. The van der Waals surface area contributed by atoms with E-state index in [-0.39, 0.29) is 24.2 Å². The molecule has 2 heterocycles. The van der Waals surface area contributed by atoms with Gasteiger partial charge in [-0.05, 0) is 45.1 Å². The first-order valence-corrected chi connectivity index (χ1v) is 9.59. The summed E-state index contributed by atoms with van der Waals surface area (Å²) < 4.78 is 5.53. The molecule has 3 rings (SSSR count). The van der Waals surface area contributed by atoms with Crippen LogP contribution in [0.25, 0.3) is 0 Å². The number of nitrogens with zero attached hydrogens (tertiary/aromatic N) is 1. The van der Waals surface area contributed by atoms with Gasteiger partial charge in [0.1, 0.15) is 0 Å². The van der Waals surface area contributed by atoms with Gasteiger partial charge in [0, 0.05) is 37.8 Å². The molecule has 0 unspecified atom stereocenters. The van der Waals surface area contributed by atoms with Crippen molar-refractivity contribution in [1.82, 2.24) is 15.5 Å². The number of likely N-dealkylation sites (tertiary alicyclic amines) is 1. The first-order chi connectivity index (χ1) is 12.1. The molecule has 1 aromatic rings. The molecule has 2 aliphatic rings. The van der Waals surface area contributed by atoms with Gasteiger partial charge in [-0.2, -0.15) is 0 Å². The van der Waals surface area contributed by atoms with Crippen molar-refractivity contribution in [3.63, 3.8) is 0 Å². The first kappa shape index (κ1) is 18.2. The summed E-state index contributed by atoms with van der Waals surface area (Å²) in [6.07, 6.45) is 4.07. The van der Waals surface area contributed by atoms with Crippen LogP contribution in [-0.2, 0) is 4.74 Å². The second-order valence-corrected chi connectivity index (χ2v) is 7.42. The number of nitrogens with one attached hydrogen (secondary N) is 2. The van der Waals surface area contributed by atoms with E-state index in [9.17, 15) is 4.79 Å². The summed E-state index contributed by atoms with van der Waals surface area (Å²) in [6, 6.07) is 11.6. The Bertz CT molecular complexity index is 543. The van der Waals surface area contributed by atoms with Gasteiger partial charge in [0.25, 0.3) is 0 Å². The number of ether oxygens (including phenoxy) is 1. The van der Waals surface area contributed by atoms with Gasteiger partial charge in [0.2, 0.25) is 0 Å². The third kappa shape index (κ3) is 5.19. The SMILES string of the molecule is C[C@@H]1C[C@@H](NC(=O)NC2CCN([C@H](C)c3ccccc3)CC2)CCO1. The van der Waals surface area contributed by atoms with Crippen molar-refractivity contribution < 1.29 is 9.53 Å². The summed E-state index contributed by atoms with van der Waals surface area (Å²) in [6.45, 7) is 7.12. The number of carbonyl (C=O) groups excluding carboxylic acids is 1. The molecule has 5 heteroatoms. The summed E-state index contributed by atoms with van der Waals surface area (Å²) in [4.78, 5) is 14.8. The third-order valence-electron chi connectivity index (χ3n) is 5.51. The van der Waals surface area contributed by atoms with Crippen LogP contribution < -0.4 is 10.6 Å². The van der Waals surface area contributed by atoms with Gasteiger partial charge in [-0.1, -0.05) is 30.3 Å². The van der Waals surface area contributed by atoms with Crippen LogP contribution in [0.15, 0.2) is 30.3 Å². The molecule has 1 aromatic carbocycles. The van der Waals surface area contributed by atoms with Crippen molar-refractivity contribution in [1.29, 1.82) is 0 Å². The van der Waals surface area contributed by atoms with E-state index in [2.05, 4.69) is 59.7 Å². The molecule has 0 radical (unpaired) electrons. The van der Waals surface area contributed by atoms with Crippen LogP contribution in [0.5, 0.6) is 0 Å². The van der Waals surface area contributed by atoms with E-state index in [1.807, 2.05) is 0 Å². The predicted molar refractivity (Wildman–Crippen MR) is 99.6 cm³/mol. The fourth-order valence-electron chi connectivity index (χ4n) is 3.92. The van der Waals surface area contributed by atoms with Crippen molar-refractivity contribution in [2.45, 2.75) is 63.8 Å². The lowest BCUT2D eigenvalue weighted by Crippen LogP contribution is -2.51. The number of benzene rings is 1. The fourth-order valence-corrected chi connectivity index (χ4v) is 3.92. The van der Waals surface area contributed by atoms with Crippen molar-refractivity contribution >= 4 is 6.03 Å². The van der Waals surface area contributed by atoms with E-state index in [1.54, 1.807) is 0 Å². The highest BCUT2D eigenvalue weighted by Crippen LogP contribution is 2.24. The summed E-state index contributed by atoms with van der Waals surface area (Å²) in [5.41, 5.74) is 1.36. The van der Waals surface area contributed by atoms with Crippen molar-refractivity contribution in [3.8, 4) is 0 Å². The van der Waals surface area contributed by atoms with Crippen LogP contribution in [0.2, 0.25) is 0 Å². The lowest BCUT2D eigenvalue weighted by Gasteiger charge is -2.37. The number of urea groups is 1. The Morgan fingerprint density at radius 3 is 2.48 bits per heavy atom. The molecule has 0 aromatic heterocycles. The maximum atomic E-state index is 12.2. The van der Waals surface area contributed by atoms with E-state index in [0.29, 0.717) is 6.04 Å². The van der Waals surface area contributed by atoms with E-state index in [4.69, 9.17) is 4.74 Å². The van der Waals surface area contributed by atoms with Gasteiger partial charge in [-0.25, -0.2) is 4.79 Å². The van der Waals surface area contributed by atoms with E-state index in [1.165, 1.54) is 5.56 Å².